The van der Waals surface area contributed by atoms with Crippen LogP contribution in [0.25, 0.3) is 10.9 Å². The molecular weight excluding hydrogens is 244 g/mol. The van der Waals surface area contributed by atoms with Gasteiger partial charge in [-0.15, -0.1) is 0 Å². The molecule has 0 unspecified atom stereocenters. The molecule has 0 atom stereocenters. The third-order valence-electron chi connectivity index (χ3n) is 3.57. The highest BCUT2D eigenvalue weighted by Gasteiger charge is 2.01. The molecule has 2 aromatic carbocycles. The van der Waals surface area contributed by atoms with Gasteiger partial charge in [0.05, 0.1) is 17.4 Å². The molecule has 0 aliphatic heterocycles. The van der Waals surface area contributed by atoms with Crippen LogP contribution >= 0.6 is 0 Å². The van der Waals surface area contributed by atoms with Crippen LogP contribution in [0.5, 0.6) is 0 Å². The molecule has 3 rings (SSSR count). The molecule has 0 saturated carbocycles. The molecule has 2 nitrogen and oxygen atoms in total. The van der Waals surface area contributed by atoms with Crippen molar-refractivity contribution in [2.75, 3.05) is 5.32 Å². The summed E-state index contributed by atoms with van der Waals surface area (Å²) >= 11 is 0. The van der Waals surface area contributed by atoms with Gasteiger partial charge in [-0.1, -0.05) is 49.4 Å². The minimum absolute atomic E-state index is 0.837. The highest BCUT2D eigenvalue weighted by atomic mass is 14.9. The fourth-order valence-corrected chi connectivity index (χ4v) is 2.44. The van der Waals surface area contributed by atoms with Crippen LogP contribution in [0.15, 0.2) is 60.8 Å². The fraction of sp³-hybridized carbons (Fsp3) is 0.167. The van der Waals surface area contributed by atoms with E-state index in [9.17, 15) is 0 Å². The van der Waals surface area contributed by atoms with Crippen molar-refractivity contribution in [3.63, 3.8) is 0 Å². The average Bonchev–Trinajstić information content (AvgIpc) is 2.53. The van der Waals surface area contributed by atoms with Gasteiger partial charge < -0.3 is 5.32 Å². The first-order chi connectivity index (χ1) is 9.86. The van der Waals surface area contributed by atoms with E-state index >= 15 is 0 Å². The number of para-hydroxylation sites is 1. The molecule has 20 heavy (non-hydrogen) atoms. The minimum atomic E-state index is 0.837. The third-order valence-corrected chi connectivity index (χ3v) is 3.57. The van der Waals surface area contributed by atoms with E-state index < -0.39 is 0 Å². The van der Waals surface area contributed by atoms with Crippen molar-refractivity contribution in [2.24, 2.45) is 0 Å². The number of benzene rings is 2. The predicted octanol–water partition coefficient (Wildman–Crippen LogP) is 4.41. The molecule has 3 aromatic rings. The standard InChI is InChI=1S/C18H18N2/c1-2-14-7-3-4-9-16(14)12-19-17-11-15-8-5-6-10-18(15)20-13-17/h3-11,13,19H,2,12H2,1H3. The Morgan fingerprint density at radius 3 is 2.55 bits per heavy atom. The smallest absolute Gasteiger partial charge is 0.0703 e. The van der Waals surface area contributed by atoms with Crippen LogP contribution in [0, 0.1) is 0 Å². The molecule has 0 bridgehead atoms. The van der Waals surface area contributed by atoms with Gasteiger partial charge in [-0.05, 0) is 29.7 Å². The topological polar surface area (TPSA) is 24.9 Å². The van der Waals surface area contributed by atoms with Gasteiger partial charge in [0.2, 0.25) is 0 Å². The van der Waals surface area contributed by atoms with Gasteiger partial charge in [0, 0.05) is 11.9 Å². The second-order valence-electron chi connectivity index (χ2n) is 4.89. The molecule has 1 N–H and O–H groups in total. The Balaban J connectivity index is 1.79. The first-order valence-electron chi connectivity index (χ1n) is 7.02. The highest BCUT2D eigenvalue weighted by Crippen LogP contribution is 2.17. The molecule has 0 spiro atoms. The van der Waals surface area contributed by atoms with Crippen LogP contribution in [0.3, 0.4) is 0 Å². The SMILES string of the molecule is CCc1ccccc1CNc1cnc2ccccc2c1. The van der Waals surface area contributed by atoms with E-state index in [1.165, 1.54) is 16.5 Å². The highest BCUT2D eigenvalue weighted by molar-refractivity contribution is 5.81. The lowest BCUT2D eigenvalue weighted by Gasteiger charge is -2.10. The number of fused-ring (bicyclic) bond motifs is 1. The number of anilines is 1. The van der Waals surface area contributed by atoms with Gasteiger partial charge in [0.1, 0.15) is 0 Å². The molecule has 0 aliphatic carbocycles. The van der Waals surface area contributed by atoms with Crippen molar-refractivity contribution >= 4 is 16.6 Å². The van der Waals surface area contributed by atoms with Crippen LogP contribution < -0.4 is 5.32 Å². The van der Waals surface area contributed by atoms with Gasteiger partial charge >= 0.3 is 0 Å². The molecule has 0 radical (unpaired) electrons. The molecule has 1 heterocycles. The average molecular weight is 262 g/mol. The summed E-state index contributed by atoms with van der Waals surface area (Å²) in [6, 6.07) is 18.9. The van der Waals surface area contributed by atoms with Crippen molar-refractivity contribution < 1.29 is 0 Å². The van der Waals surface area contributed by atoms with Crippen molar-refractivity contribution in [3.8, 4) is 0 Å². The molecular formula is C18H18N2. The lowest BCUT2D eigenvalue weighted by atomic mass is 10.1. The number of pyridine rings is 1. The Kier molecular flexibility index (Phi) is 3.64. The number of hydrogen-bond acceptors (Lipinski definition) is 2. The van der Waals surface area contributed by atoms with Crippen LogP contribution in [0.2, 0.25) is 0 Å². The van der Waals surface area contributed by atoms with Crippen molar-refractivity contribution in [2.45, 2.75) is 19.9 Å². The summed E-state index contributed by atoms with van der Waals surface area (Å²) in [6.07, 6.45) is 2.96. The minimum Gasteiger partial charge on any atom is -0.380 e. The Labute approximate surface area is 119 Å². The maximum atomic E-state index is 4.47. The Bertz CT molecular complexity index is 719. The van der Waals surface area contributed by atoms with Crippen LogP contribution in [0.4, 0.5) is 5.69 Å². The number of nitrogens with one attached hydrogen (secondary N) is 1. The van der Waals surface area contributed by atoms with Gasteiger partial charge in [-0.25, -0.2) is 0 Å². The van der Waals surface area contributed by atoms with Gasteiger partial charge in [0.25, 0.3) is 0 Å². The second kappa shape index (κ2) is 5.74. The molecule has 0 fully saturated rings. The summed E-state index contributed by atoms with van der Waals surface area (Å²) in [5.41, 5.74) is 4.85. The fourth-order valence-electron chi connectivity index (χ4n) is 2.44. The van der Waals surface area contributed by atoms with Crippen LogP contribution in [-0.2, 0) is 13.0 Å². The number of rotatable bonds is 4. The summed E-state index contributed by atoms with van der Waals surface area (Å²) in [7, 11) is 0. The molecule has 2 heteroatoms. The number of aryl methyl sites for hydroxylation is 1. The Hall–Kier alpha value is -2.35. The zero-order valence-corrected chi connectivity index (χ0v) is 11.6. The van der Waals surface area contributed by atoms with E-state index in [4.69, 9.17) is 0 Å². The number of hydrogen-bond donors (Lipinski definition) is 1. The largest absolute Gasteiger partial charge is 0.380 e. The van der Waals surface area contributed by atoms with E-state index in [1.54, 1.807) is 0 Å². The third kappa shape index (κ3) is 2.64. The summed E-state index contributed by atoms with van der Waals surface area (Å²) in [6.45, 7) is 3.03. The van der Waals surface area contributed by atoms with Crippen molar-refractivity contribution in [3.05, 3.63) is 71.9 Å². The summed E-state index contributed by atoms with van der Waals surface area (Å²) in [5.74, 6) is 0. The van der Waals surface area contributed by atoms with E-state index in [2.05, 4.69) is 53.6 Å². The van der Waals surface area contributed by atoms with Crippen LogP contribution in [0.1, 0.15) is 18.1 Å². The molecule has 0 aliphatic rings. The van der Waals surface area contributed by atoms with Gasteiger partial charge in [-0.2, -0.15) is 0 Å². The first-order valence-corrected chi connectivity index (χ1v) is 7.02. The Morgan fingerprint density at radius 2 is 1.70 bits per heavy atom. The maximum Gasteiger partial charge on any atom is 0.0703 e. The van der Waals surface area contributed by atoms with Crippen LogP contribution in [-0.4, -0.2) is 4.98 Å². The molecule has 0 amide bonds. The van der Waals surface area contributed by atoms with Gasteiger partial charge in [0.15, 0.2) is 0 Å². The van der Waals surface area contributed by atoms with Crippen molar-refractivity contribution in [1.29, 1.82) is 0 Å². The Morgan fingerprint density at radius 1 is 0.950 bits per heavy atom. The normalized spacial score (nSPS) is 10.7. The monoisotopic (exact) mass is 262 g/mol. The van der Waals surface area contributed by atoms with Gasteiger partial charge in [-0.3, -0.25) is 4.98 Å². The quantitative estimate of drug-likeness (QED) is 0.753. The maximum absolute atomic E-state index is 4.47. The summed E-state index contributed by atoms with van der Waals surface area (Å²) in [4.78, 5) is 4.47. The van der Waals surface area contributed by atoms with E-state index in [-0.39, 0.29) is 0 Å². The number of aromatic nitrogens is 1. The molecule has 0 saturated heterocycles. The summed E-state index contributed by atoms with van der Waals surface area (Å²) < 4.78 is 0. The molecule has 1 aromatic heterocycles. The zero-order chi connectivity index (χ0) is 13.8. The van der Waals surface area contributed by atoms with Crippen molar-refractivity contribution in [1.82, 2.24) is 4.98 Å². The predicted molar refractivity (Wildman–Crippen MR) is 84.9 cm³/mol. The lowest BCUT2D eigenvalue weighted by Crippen LogP contribution is -2.02. The zero-order valence-electron chi connectivity index (χ0n) is 11.6. The second-order valence-corrected chi connectivity index (χ2v) is 4.89. The number of nitrogens with zero attached hydrogens (tertiary/aromatic N) is 1. The lowest BCUT2D eigenvalue weighted by molar-refractivity contribution is 1.04. The van der Waals surface area contributed by atoms with E-state index in [1.807, 2.05) is 24.4 Å². The first kappa shape index (κ1) is 12.7. The van der Waals surface area contributed by atoms with E-state index in [0.29, 0.717) is 0 Å². The summed E-state index contributed by atoms with van der Waals surface area (Å²) in [5, 5.41) is 4.63. The molecule has 100 valence electrons. The van der Waals surface area contributed by atoms with E-state index in [0.717, 1.165) is 24.2 Å².